The molecule has 3 rings (SSSR count). The predicted octanol–water partition coefficient (Wildman–Crippen LogP) is 4.78. The number of carbonyl (C=O) groups is 1. The molecule has 0 radical (unpaired) electrons. The Morgan fingerprint density at radius 3 is 2.64 bits per heavy atom. The number of halogens is 3. The largest absolute Gasteiger partial charge is 0.400 e. The van der Waals surface area contributed by atoms with E-state index in [1.807, 2.05) is 0 Å². The number of amides is 1. The maximum absolute atomic E-state index is 14.1. The van der Waals surface area contributed by atoms with Crippen LogP contribution in [-0.2, 0) is 10.2 Å². The summed E-state index contributed by atoms with van der Waals surface area (Å²) in [6.07, 6.45) is 1.61. The van der Waals surface area contributed by atoms with E-state index in [9.17, 15) is 18.1 Å². The van der Waals surface area contributed by atoms with E-state index in [1.165, 1.54) is 18.2 Å². The number of thiophene rings is 1. The minimum atomic E-state index is -5.70. The van der Waals surface area contributed by atoms with Crippen molar-refractivity contribution in [3.8, 4) is 0 Å². The van der Waals surface area contributed by atoms with Crippen LogP contribution in [-0.4, -0.2) is 20.7 Å². The topological polar surface area (TPSA) is 99.5 Å². The zero-order chi connectivity index (χ0) is 20.7. The highest BCUT2D eigenvalue weighted by atomic mass is 79.9. The van der Waals surface area contributed by atoms with Gasteiger partial charge in [-0.25, -0.2) is 0 Å². The molecule has 0 fully saturated rings. The van der Waals surface area contributed by atoms with Crippen molar-refractivity contribution < 1.29 is 27.9 Å². The first-order chi connectivity index (χ1) is 13.0. The van der Waals surface area contributed by atoms with Crippen molar-refractivity contribution in [1.29, 1.82) is 0 Å². The van der Waals surface area contributed by atoms with Crippen LogP contribution in [0.2, 0.25) is 0 Å². The van der Waals surface area contributed by atoms with Crippen LogP contribution in [0.1, 0.15) is 33.9 Å². The molecular formula is C17H14BrF2N2O4PS. The number of pyridine rings is 1. The van der Waals surface area contributed by atoms with Gasteiger partial charge in [0.2, 0.25) is 0 Å². The lowest BCUT2D eigenvalue weighted by Gasteiger charge is -2.16. The number of fused-ring (bicyclic) bond motifs is 1. The standard InChI is InChI=1S/C17H14BrF2N2O4PS/c1-9(12-4-2-3-7-21-12)22-16(23)10-5-6-13-11(8-10)14(18)15(28-13)17(19,20)27(24,25)26/h2-9H,1H3,(H,22,23)(H2,24,25,26)/t9-/m0/s1. The molecule has 11 heteroatoms. The second kappa shape index (κ2) is 7.61. The summed E-state index contributed by atoms with van der Waals surface area (Å²) in [5.74, 6) is -0.429. The molecule has 6 nitrogen and oxygen atoms in total. The molecule has 0 saturated carbocycles. The Bertz CT molecular complexity index is 1090. The SMILES string of the molecule is C[C@H](NC(=O)c1ccc2sc(C(F)(F)P(=O)(O)O)c(Br)c2c1)c1ccccn1. The van der Waals surface area contributed by atoms with Gasteiger partial charge in [-0.1, -0.05) is 6.07 Å². The first-order valence-electron chi connectivity index (χ1n) is 7.90. The molecule has 0 saturated heterocycles. The van der Waals surface area contributed by atoms with Gasteiger partial charge in [-0.05, 0) is 53.2 Å². The van der Waals surface area contributed by atoms with Crippen LogP contribution in [0.5, 0.6) is 0 Å². The van der Waals surface area contributed by atoms with Gasteiger partial charge in [0.05, 0.1) is 11.7 Å². The Morgan fingerprint density at radius 2 is 2.04 bits per heavy atom. The molecule has 0 aliphatic rings. The number of aromatic nitrogens is 1. The zero-order valence-electron chi connectivity index (χ0n) is 14.3. The number of hydrogen-bond donors (Lipinski definition) is 3. The molecular weight excluding hydrogens is 477 g/mol. The van der Waals surface area contributed by atoms with Gasteiger partial charge in [0.25, 0.3) is 5.91 Å². The lowest BCUT2D eigenvalue weighted by Crippen LogP contribution is -2.27. The second-order valence-electron chi connectivity index (χ2n) is 5.99. The van der Waals surface area contributed by atoms with Crippen molar-refractivity contribution in [2.45, 2.75) is 18.6 Å². The summed E-state index contributed by atoms with van der Waals surface area (Å²) < 4.78 is 39.6. The van der Waals surface area contributed by atoms with Crippen molar-refractivity contribution in [1.82, 2.24) is 10.3 Å². The second-order valence-corrected chi connectivity index (χ2v) is 9.49. The molecule has 1 aromatic carbocycles. The lowest BCUT2D eigenvalue weighted by atomic mass is 10.1. The molecule has 3 aromatic rings. The van der Waals surface area contributed by atoms with E-state index in [0.717, 1.165) is 0 Å². The number of carbonyl (C=O) groups excluding carboxylic acids is 1. The van der Waals surface area contributed by atoms with Gasteiger partial charge in [0, 0.05) is 26.3 Å². The van der Waals surface area contributed by atoms with Crippen molar-refractivity contribution in [3.63, 3.8) is 0 Å². The summed E-state index contributed by atoms with van der Waals surface area (Å²) in [5.41, 5.74) is -3.44. The zero-order valence-corrected chi connectivity index (χ0v) is 17.6. The van der Waals surface area contributed by atoms with Gasteiger partial charge in [0.1, 0.15) is 4.88 Å². The summed E-state index contributed by atoms with van der Waals surface area (Å²) in [7, 11) is -5.70. The molecule has 0 aliphatic heterocycles. The van der Waals surface area contributed by atoms with Crippen LogP contribution in [0.4, 0.5) is 8.78 Å². The molecule has 3 N–H and O–H groups in total. The average Bonchev–Trinajstić information content (AvgIpc) is 2.98. The predicted molar refractivity (Wildman–Crippen MR) is 106 cm³/mol. The number of benzene rings is 1. The molecule has 2 heterocycles. The highest BCUT2D eigenvalue weighted by Gasteiger charge is 2.53. The third-order valence-corrected chi connectivity index (χ3v) is 7.44. The first-order valence-corrected chi connectivity index (χ1v) is 11.1. The molecule has 0 bridgehead atoms. The van der Waals surface area contributed by atoms with Gasteiger partial charge in [0.15, 0.2) is 0 Å². The van der Waals surface area contributed by atoms with E-state index >= 15 is 0 Å². The van der Waals surface area contributed by atoms with Crippen molar-refractivity contribution in [2.75, 3.05) is 0 Å². The van der Waals surface area contributed by atoms with Crippen LogP contribution in [0.15, 0.2) is 47.1 Å². The molecule has 1 amide bonds. The number of alkyl halides is 2. The maximum Gasteiger partial charge on any atom is 0.400 e. The average molecular weight is 491 g/mol. The summed E-state index contributed by atoms with van der Waals surface area (Å²) >= 11 is 3.55. The maximum atomic E-state index is 14.1. The molecule has 0 spiro atoms. The molecule has 2 aromatic heterocycles. The molecule has 0 unspecified atom stereocenters. The normalized spacial score (nSPS) is 13.5. The van der Waals surface area contributed by atoms with E-state index in [-0.39, 0.29) is 21.5 Å². The van der Waals surface area contributed by atoms with Crippen LogP contribution in [0.3, 0.4) is 0 Å². The summed E-state index contributed by atoms with van der Waals surface area (Å²) in [4.78, 5) is 33.9. The number of nitrogens with one attached hydrogen (secondary N) is 1. The summed E-state index contributed by atoms with van der Waals surface area (Å²) in [6, 6.07) is 9.27. The van der Waals surface area contributed by atoms with E-state index < -0.39 is 24.0 Å². The van der Waals surface area contributed by atoms with E-state index in [0.29, 0.717) is 21.7 Å². The fourth-order valence-corrected chi connectivity index (χ4v) is 5.44. The van der Waals surface area contributed by atoms with E-state index in [2.05, 4.69) is 26.2 Å². The van der Waals surface area contributed by atoms with Crippen molar-refractivity contribution in [3.05, 3.63) is 63.2 Å². The van der Waals surface area contributed by atoms with Gasteiger partial charge < -0.3 is 15.1 Å². The Kier molecular flexibility index (Phi) is 5.71. The van der Waals surface area contributed by atoms with Gasteiger partial charge in [-0.3, -0.25) is 14.3 Å². The van der Waals surface area contributed by atoms with E-state index in [1.54, 1.807) is 31.3 Å². The number of hydrogen-bond acceptors (Lipinski definition) is 4. The summed E-state index contributed by atoms with van der Waals surface area (Å²) in [5, 5.41) is 3.04. The Morgan fingerprint density at radius 1 is 1.32 bits per heavy atom. The Balaban J connectivity index is 1.93. The number of rotatable bonds is 5. The molecule has 148 valence electrons. The fourth-order valence-electron chi connectivity index (χ4n) is 2.52. The van der Waals surface area contributed by atoms with Crippen LogP contribution in [0.25, 0.3) is 10.1 Å². The van der Waals surface area contributed by atoms with Crippen LogP contribution in [0, 0.1) is 0 Å². The quantitative estimate of drug-likeness (QED) is 0.447. The minimum Gasteiger partial charge on any atom is -0.344 e. The Hall–Kier alpha value is -1.71. The van der Waals surface area contributed by atoms with Gasteiger partial charge in [-0.15, -0.1) is 11.3 Å². The van der Waals surface area contributed by atoms with Crippen molar-refractivity contribution in [2.24, 2.45) is 0 Å². The van der Waals surface area contributed by atoms with Crippen LogP contribution < -0.4 is 5.32 Å². The molecule has 0 aliphatic carbocycles. The van der Waals surface area contributed by atoms with Crippen molar-refractivity contribution >= 4 is 50.9 Å². The van der Waals surface area contributed by atoms with Gasteiger partial charge in [-0.2, -0.15) is 8.78 Å². The highest BCUT2D eigenvalue weighted by Crippen LogP contribution is 2.62. The third kappa shape index (κ3) is 3.88. The van der Waals surface area contributed by atoms with Crippen LogP contribution >= 0.6 is 34.9 Å². The lowest BCUT2D eigenvalue weighted by molar-refractivity contribution is 0.0595. The number of nitrogens with zero attached hydrogens (tertiary/aromatic N) is 1. The Labute approximate surface area is 170 Å². The smallest absolute Gasteiger partial charge is 0.344 e. The fraction of sp³-hybridized carbons (Fsp3) is 0.176. The van der Waals surface area contributed by atoms with E-state index in [4.69, 9.17) is 9.79 Å². The minimum absolute atomic E-state index is 0.145. The van der Waals surface area contributed by atoms with Gasteiger partial charge >= 0.3 is 13.3 Å². The summed E-state index contributed by atoms with van der Waals surface area (Å²) in [6.45, 7) is 1.76. The monoisotopic (exact) mass is 490 g/mol. The molecule has 28 heavy (non-hydrogen) atoms. The highest BCUT2D eigenvalue weighted by molar-refractivity contribution is 9.10. The molecule has 1 atom stereocenters. The third-order valence-electron chi connectivity index (χ3n) is 4.01. The first kappa shape index (κ1) is 21.0.